The third-order valence-electron chi connectivity index (χ3n) is 2.50. The van der Waals surface area contributed by atoms with E-state index in [4.69, 9.17) is 4.74 Å². The standard InChI is InChI=1S/C10H17F4NO3/c11-9(12)10(13,14)7-18-6-8(16)5-15-1-3-17-4-2-15/h8-9,16H,1-7H2. The van der Waals surface area contributed by atoms with Crippen LogP contribution in [0.5, 0.6) is 0 Å². The van der Waals surface area contributed by atoms with Crippen molar-refractivity contribution in [2.45, 2.75) is 18.5 Å². The third-order valence-corrected chi connectivity index (χ3v) is 2.50. The zero-order chi connectivity index (χ0) is 13.6. The van der Waals surface area contributed by atoms with E-state index in [0.717, 1.165) is 0 Å². The van der Waals surface area contributed by atoms with E-state index in [1.54, 1.807) is 0 Å². The van der Waals surface area contributed by atoms with Crippen molar-refractivity contribution < 1.29 is 32.1 Å². The lowest BCUT2D eigenvalue weighted by Crippen LogP contribution is -2.42. The Morgan fingerprint density at radius 3 is 2.44 bits per heavy atom. The minimum absolute atomic E-state index is 0.254. The third kappa shape index (κ3) is 5.47. The average molecular weight is 275 g/mol. The van der Waals surface area contributed by atoms with Crippen molar-refractivity contribution in [2.24, 2.45) is 0 Å². The first-order chi connectivity index (χ1) is 8.42. The van der Waals surface area contributed by atoms with Crippen LogP contribution in [0, 0.1) is 0 Å². The Morgan fingerprint density at radius 1 is 1.28 bits per heavy atom. The van der Waals surface area contributed by atoms with Crippen molar-refractivity contribution in [3.8, 4) is 0 Å². The van der Waals surface area contributed by atoms with E-state index in [1.807, 2.05) is 4.90 Å². The number of ether oxygens (including phenoxy) is 2. The Balaban J connectivity index is 2.14. The van der Waals surface area contributed by atoms with Crippen LogP contribution in [-0.4, -0.2) is 74.5 Å². The summed E-state index contributed by atoms with van der Waals surface area (Å²) in [4.78, 5) is 1.89. The van der Waals surface area contributed by atoms with Gasteiger partial charge in [-0.2, -0.15) is 8.78 Å². The lowest BCUT2D eigenvalue weighted by atomic mass is 10.3. The van der Waals surface area contributed by atoms with Crippen molar-refractivity contribution in [2.75, 3.05) is 46.1 Å². The molecule has 0 aromatic heterocycles. The summed E-state index contributed by atoms with van der Waals surface area (Å²) in [5.41, 5.74) is 0. The van der Waals surface area contributed by atoms with E-state index in [2.05, 4.69) is 4.74 Å². The molecule has 0 amide bonds. The predicted octanol–water partition coefficient (Wildman–Crippen LogP) is 0.597. The van der Waals surface area contributed by atoms with Crippen molar-refractivity contribution >= 4 is 0 Å². The molecule has 0 aliphatic carbocycles. The van der Waals surface area contributed by atoms with Gasteiger partial charge < -0.3 is 14.6 Å². The number of aliphatic hydroxyl groups is 1. The highest BCUT2D eigenvalue weighted by Gasteiger charge is 2.41. The van der Waals surface area contributed by atoms with Crippen molar-refractivity contribution in [3.05, 3.63) is 0 Å². The van der Waals surface area contributed by atoms with E-state index >= 15 is 0 Å². The first-order valence-corrected chi connectivity index (χ1v) is 5.63. The number of alkyl halides is 4. The number of hydrogen-bond acceptors (Lipinski definition) is 4. The fourth-order valence-electron chi connectivity index (χ4n) is 1.53. The van der Waals surface area contributed by atoms with Gasteiger partial charge >= 0.3 is 12.3 Å². The topological polar surface area (TPSA) is 41.9 Å². The highest BCUT2D eigenvalue weighted by molar-refractivity contribution is 4.70. The minimum atomic E-state index is -4.17. The van der Waals surface area contributed by atoms with Crippen LogP contribution in [0.3, 0.4) is 0 Å². The smallest absolute Gasteiger partial charge is 0.330 e. The van der Waals surface area contributed by atoms with Crippen LogP contribution in [0.2, 0.25) is 0 Å². The van der Waals surface area contributed by atoms with Crippen LogP contribution < -0.4 is 0 Å². The second-order valence-electron chi connectivity index (χ2n) is 4.14. The molecule has 108 valence electrons. The zero-order valence-electron chi connectivity index (χ0n) is 9.83. The van der Waals surface area contributed by atoms with Crippen LogP contribution in [0.4, 0.5) is 17.6 Å². The van der Waals surface area contributed by atoms with Crippen LogP contribution in [0.15, 0.2) is 0 Å². The maximum atomic E-state index is 12.5. The van der Waals surface area contributed by atoms with E-state index in [-0.39, 0.29) is 13.2 Å². The van der Waals surface area contributed by atoms with Crippen LogP contribution in [0.1, 0.15) is 0 Å². The van der Waals surface area contributed by atoms with Crippen LogP contribution in [-0.2, 0) is 9.47 Å². The molecule has 0 spiro atoms. The minimum Gasteiger partial charge on any atom is -0.389 e. The molecule has 0 bridgehead atoms. The maximum absolute atomic E-state index is 12.5. The molecule has 0 aromatic carbocycles. The monoisotopic (exact) mass is 275 g/mol. The molecule has 0 saturated carbocycles. The maximum Gasteiger partial charge on any atom is 0.330 e. The van der Waals surface area contributed by atoms with Gasteiger partial charge in [0.1, 0.15) is 6.61 Å². The van der Waals surface area contributed by atoms with Gasteiger partial charge in [-0.3, -0.25) is 4.90 Å². The van der Waals surface area contributed by atoms with Crippen molar-refractivity contribution in [1.29, 1.82) is 0 Å². The molecule has 1 rings (SSSR count). The molecule has 0 aromatic rings. The predicted molar refractivity (Wildman–Crippen MR) is 55.0 cm³/mol. The molecule has 1 aliphatic heterocycles. The van der Waals surface area contributed by atoms with Gasteiger partial charge in [-0.1, -0.05) is 0 Å². The van der Waals surface area contributed by atoms with Gasteiger partial charge in [0.05, 0.1) is 25.9 Å². The molecule has 8 heteroatoms. The molecule has 1 fully saturated rings. The molecular formula is C10H17F4NO3. The normalized spacial score (nSPS) is 20.3. The Labute approximate surface area is 102 Å². The van der Waals surface area contributed by atoms with Gasteiger partial charge in [0.2, 0.25) is 0 Å². The molecular weight excluding hydrogens is 258 g/mol. The molecule has 4 nitrogen and oxygen atoms in total. The zero-order valence-corrected chi connectivity index (χ0v) is 9.83. The lowest BCUT2D eigenvalue weighted by Gasteiger charge is -2.28. The van der Waals surface area contributed by atoms with Gasteiger partial charge in [-0.05, 0) is 0 Å². The Morgan fingerprint density at radius 2 is 1.89 bits per heavy atom. The first kappa shape index (κ1) is 15.6. The number of nitrogens with zero attached hydrogens (tertiary/aromatic N) is 1. The summed E-state index contributed by atoms with van der Waals surface area (Å²) in [6.45, 7) is 0.872. The molecule has 18 heavy (non-hydrogen) atoms. The molecule has 1 N–H and O–H groups in total. The summed E-state index contributed by atoms with van der Waals surface area (Å²) in [5.74, 6) is -4.17. The number of morpholine rings is 1. The van der Waals surface area contributed by atoms with E-state index in [1.165, 1.54) is 0 Å². The first-order valence-electron chi connectivity index (χ1n) is 5.63. The van der Waals surface area contributed by atoms with Crippen molar-refractivity contribution in [3.63, 3.8) is 0 Å². The molecule has 1 aliphatic rings. The fourth-order valence-corrected chi connectivity index (χ4v) is 1.53. The SMILES string of the molecule is OC(COCC(F)(F)C(F)F)CN1CCOCC1. The van der Waals surface area contributed by atoms with Gasteiger partial charge in [-0.25, -0.2) is 8.78 Å². The van der Waals surface area contributed by atoms with Gasteiger partial charge in [-0.15, -0.1) is 0 Å². The Kier molecular flexibility index (Phi) is 6.27. The van der Waals surface area contributed by atoms with E-state index in [0.29, 0.717) is 26.3 Å². The Hall–Kier alpha value is -0.440. The number of hydrogen-bond donors (Lipinski definition) is 1. The quantitative estimate of drug-likeness (QED) is 0.691. The van der Waals surface area contributed by atoms with Crippen molar-refractivity contribution in [1.82, 2.24) is 4.90 Å². The number of β-amino-alcohol motifs (C(OH)–C–C–N with tert-alkyl or cyclic N) is 1. The highest BCUT2D eigenvalue weighted by atomic mass is 19.3. The lowest BCUT2D eigenvalue weighted by molar-refractivity contribution is -0.171. The number of aliphatic hydroxyl groups excluding tert-OH is 1. The summed E-state index contributed by atoms with van der Waals surface area (Å²) in [7, 11) is 0. The summed E-state index contributed by atoms with van der Waals surface area (Å²) in [6.07, 6.45) is -4.73. The van der Waals surface area contributed by atoms with Gasteiger partial charge in [0, 0.05) is 19.6 Å². The second kappa shape index (κ2) is 7.22. The van der Waals surface area contributed by atoms with Gasteiger partial charge in [0.25, 0.3) is 0 Å². The van der Waals surface area contributed by atoms with Gasteiger partial charge in [0.15, 0.2) is 0 Å². The van der Waals surface area contributed by atoms with E-state index in [9.17, 15) is 22.7 Å². The molecule has 1 saturated heterocycles. The second-order valence-corrected chi connectivity index (χ2v) is 4.14. The fraction of sp³-hybridized carbons (Fsp3) is 1.00. The largest absolute Gasteiger partial charge is 0.389 e. The summed E-state index contributed by atoms with van der Waals surface area (Å²) < 4.78 is 58.1. The summed E-state index contributed by atoms with van der Waals surface area (Å²) in [6, 6.07) is 0. The van der Waals surface area contributed by atoms with Crippen LogP contribution >= 0.6 is 0 Å². The molecule has 1 atom stereocenters. The Bertz CT molecular complexity index is 237. The average Bonchev–Trinajstić information content (AvgIpc) is 2.29. The van der Waals surface area contributed by atoms with E-state index < -0.39 is 25.1 Å². The summed E-state index contributed by atoms with van der Waals surface area (Å²) in [5, 5.41) is 9.50. The molecule has 1 unspecified atom stereocenters. The summed E-state index contributed by atoms with van der Waals surface area (Å²) >= 11 is 0. The number of rotatable bonds is 7. The van der Waals surface area contributed by atoms with Crippen LogP contribution in [0.25, 0.3) is 0 Å². The number of halogens is 4. The highest BCUT2D eigenvalue weighted by Crippen LogP contribution is 2.22. The molecule has 1 heterocycles. The molecule has 0 radical (unpaired) electrons.